The lowest BCUT2D eigenvalue weighted by atomic mass is 9.96. The third-order valence-corrected chi connectivity index (χ3v) is 13.0. The molecule has 12 aromatic rings. The maximum atomic E-state index is 14.6. The zero-order valence-corrected chi connectivity index (χ0v) is 37.0. The summed E-state index contributed by atoms with van der Waals surface area (Å²) in [6.45, 7) is 0. The molecule has 12 rings (SSSR count). The van der Waals surface area contributed by atoms with E-state index in [0.29, 0.717) is 22.5 Å². The minimum absolute atomic E-state index is 0.138. The average molecular weight is 909 g/mol. The van der Waals surface area contributed by atoms with Crippen LogP contribution in [-0.4, -0.2) is 19.1 Å². The summed E-state index contributed by atoms with van der Waals surface area (Å²) in [4.78, 5) is 10.1. The maximum absolute atomic E-state index is 14.6. The fourth-order valence-corrected chi connectivity index (χ4v) is 9.78. The van der Waals surface area contributed by atoms with Crippen molar-refractivity contribution in [3.63, 3.8) is 0 Å². The van der Waals surface area contributed by atoms with E-state index >= 15 is 0 Å². The van der Waals surface area contributed by atoms with E-state index in [1.807, 2.05) is 185 Å². The van der Waals surface area contributed by atoms with E-state index in [0.717, 1.165) is 101 Å². The number of pyridine rings is 2. The number of alkyl halides is 3. The number of benzene rings is 8. The number of fused-ring (bicyclic) bond motifs is 6. The Hall–Kier alpha value is -9.57. The second-order valence-electron chi connectivity index (χ2n) is 17.1. The Kier molecular flexibility index (Phi) is 9.94. The standard InChI is InChI=1S/C61H35F3N6/c62-61(63,64)45-30-38(36-65)29-43(31-45)44-34-59(69-55-23-9-7-17-46(55)48-32-41(25-27-57(48)69)53-21-11-19-51(67-53)39-13-3-1-4-14-39)50(37-66)60(35-44)70-56-24-10-8-18-47(56)49-33-42(26-28-58(49)70)54-22-12-20-52(68-54)40-15-5-2-6-16-40/h1-35H. The molecular formula is C61H35F3N6. The molecule has 0 unspecified atom stereocenters. The van der Waals surface area contributed by atoms with Gasteiger partial charge >= 0.3 is 6.18 Å². The molecule has 0 aliphatic heterocycles. The molecule has 0 radical (unpaired) electrons. The van der Waals surface area contributed by atoms with Crippen LogP contribution in [-0.2, 0) is 6.18 Å². The summed E-state index contributed by atoms with van der Waals surface area (Å²) in [5.74, 6) is 0. The number of nitriles is 2. The fourth-order valence-electron chi connectivity index (χ4n) is 9.78. The molecule has 0 saturated carbocycles. The minimum Gasteiger partial charge on any atom is -0.308 e. The van der Waals surface area contributed by atoms with E-state index in [2.05, 4.69) is 18.2 Å². The summed E-state index contributed by atoms with van der Waals surface area (Å²) in [5, 5.41) is 25.2. The highest BCUT2D eigenvalue weighted by Gasteiger charge is 2.32. The van der Waals surface area contributed by atoms with Gasteiger partial charge in [-0.3, -0.25) is 0 Å². The molecule has 0 fully saturated rings. The third kappa shape index (κ3) is 7.13. The van der Waals surface area contributed by atoms with Gasteiger partial charge in [0.15, 0.2) is 0 Å². The molecule has 0 N–H and O–H groups in total. The van der Waals surface area contributed by atoms with Crippen molar-refractivity contribution in [3.05, 3.63) is 229 Å². The fraction of sp³-hybridized carbons (Fsp3) is 0.0164. The Morgan fingerprint density at radius 1 is 0.357 bits per heavy atom. The Morgan fingerprint density at radius 3 is 1.24 bits per heavy atom. The molecule has 8 aromatic carbocycles. The van der Waals surface area contributed by atoms with E-state index in [-0.39, 0.29) is 11.1 Å². The molecule has 4 aromatic heterocycles. The van der Waals surface area contributed by atoms with E-state index in [1.54, 1.807) is 12.1 Å². The monoisotopic (exact) mass is 908 g/mol. The molecule has 9 heteroatoms. The average Bonchev–Trinajstić information content (AvgIpc) is 3.92. The van der Waals surface area contributed by atoms with Gasteiger partial charge in [0.05, 0.1) is 73.4 Å². The topological polar surface area (TPSA) is 83.2 Å². The molecule has 0 aliphatic carbocycles. The first-order chi connectivity index (χ1) is 34.2. The van der Waals surface area contributed by atoms with Crippen molar-refractivity contribution in [3.8, 4) is 79.7 Å². The van der Waals surface area contributed by atoms with Gasteiger partial charge in [0.1, 0.15) is 11.6 Å². The predicted octanol–water partition coefficient (Wildman–Crippen LogP) is 15.8. The number of hydrogen-bond donors (Lipinski definition) is 0. The van der Waals surface area contributed by atoms with Crippen molar-refractivity contribution in [2.24, 2.45) is 0 Å². The van der Waals surface area contributed by atoms with Gasteiger partial charge in [-0.25, -0.2) is 9.97 Å². The van der Waals surface area contributed by atoms with Gasteiger partial charge in [0, 0.05) is 43.8 Å². The highest BCUT2D eigenvalue weighted by Crippen LogP contribution is 2.43. The Labute approximate surface area is 399 Å². The largest absolute Gasteiger partial charge is 0.416 e. The van der Waals surface area contributed by atoms with E-state index < -0.39 is 11.7 Å². The summed E-state index contributed by atoms with van der Waals surface area (Å²) in [6.07, 6.45) is -4.72. The molecule has 4 heterocycles. The van der Waals surface area contributed by atoms with E-state index in [4.69, 9.17) is 9.97 Å². The summed E-state index contributed by atoms with van der Waals surface area (Å²) in [6, 6.07) is 71.4. The molecule has 6 nitrogen and oxygen atoms in total. The molecule has 70 heavy (non-hydrogen) atoms. The van der Waals surface area contributed by atoms with Gasteiger partial charge in [-0.2, -0.15) is 23.7 Å². The van der Waals surface area contributed by atoms with Crippen LogP contribution in [0.2, 0.25) is 0 Å². The Bertz CT molecular complexity index is 3920. The quantitative estimate of drug-likeness (QED) is 0.159. The number of nitrogens with zero attached hydrogens (tertiary/aromatic N) is 6. The smallest absolute Gasteiger partial charge is 0.308 e. The maximum Gasteiger partial charge on any atom is 0.416 e. The number of aromatic nitrogens is 4. The summed E-state index contributed by atoms with van der Waals surface area (Å²) >= 11 is 0. The molecule has 0 aliphatic rings. The predicted molar refractivity (Wildman–Crippen MR) is 272 cm³/mol. The Morgan fingerprint density at radius 2 is 0.786 bits per heavy atom. The van der Waals surface area contributed by atoms with E-state index in [9.17, 15) is 23.7 Å². The number of para-hydroxylation sites is 2. The summed E-state index contributed by atoms with van der Waals surface area (Å²) in [5.41, 5.74) is 10.9. The highest BCUT2D eigenvalue weighted by atomic mass is 19.4. The first-order valence-electron chi connectivity index (χ1n) is 22.6. The Balaban J connectivity index is 1.12. The van der Waals surface area contributed by atoms with Crippen molar-refractivity contribution >= 4 is 43.6 Å². The first kappa shape index (κ1) is 41.8. The van der Waals surface area contributed by atoms with Crippen LogP contribution < -0.4 is 0 Å². The molecule has 330 valence electrons. The molecule has 0 bridgehead atoms. The highest BCUT2D eigenvalue weighted by molar-refractivity contribution is 6.12. The van der Waals surface area contributed by atoms with Crippen molar-refractivity contribution < 1.29 is 13.2 Å². The number of halogens is 3. The van der Waals surface area contributed by atoms with Gasteiger partial charge in [-0.05, 0) is 102 Å². The SMILES string of the molecule is N#Cc1cc(-c2cc(-n3c4ccccc4c4cc(-c5cccc(-c6ccccc6)n5)ccc43)c(C#N)c(-n3c4ccccc4c4cc(-c5cccc(-c6ccccc6)n5)ccc43)c2)cc(C(F)(F)F)c1. The van der Waals surface area contributed by atoms with E-state index in [1.165, 1.54) is 6.07 Å². The van der Waals surface area contributed by atoms with Crippen LogP contribution in [0.4, 0.5) is 13.2 Å². The van der Waals surface area contributed by atoms with Crippen molar-refractivity contribution in [2.75, 3.05) is 0 Å². The van der Waals surface area contributed by atoms with Crippen LogP contribution >= 0.6 is 0 Å². The third-order valence-electron chi connectivity index (χ3n) is 13.0. The summed E-state index contributed by atoms with van der Waals surface area (Å²) < 4.78 is 47.8. The second-order valence-corrected chi connectivity index (χ2v) is 17.1. The van der Waals surface area contributed by atoms with Gasteiger partial charge < -0.3 is 9.13 Å². The lowest BCUT2D eigenvalue weighted by molar-refractivity contribution is -0.137. The van der Waals surface area contributed by atoms with Crippen LogP contribution in [0, 0.1) is 22.7 Å². The van der Waals surface area contributed by atoms with Crippen LogP contribution in [0.1, 0.15) is 16.7 Å². The van der Waals surface area contributed by atoms with Gasteiger partial charge in [0.25, 0.3) is 0 Å². The molecular weight excluding hydrogens is 874 g/mol. The number of hydrogen-bond acceptors (Lipinski definition) is 4. The van der Waals surface area contributed by atoms with Crippen molar-refractivity contribution in [1.29, 1.82) is 10.5 Å². The zero-order chi connectivity index (χ0) is 47.5. The molecule has 0 amide bonds. The van der Waals surface area contributed by atoms with Crippen LogP contribution in [0.5, 0.6) is 0 Å². The van der Waals surface area contributed by atoms with Gasteiger partial charge in [0.2, 0.25) is 0 Å². The minimum atomic E-state index is -4.72. The summed E-state index contributed by atoms with van der Waals surface area (Å²) in [7, 11) is 0. The van der Waals surface area contributed by atoms with Crippen molar-refractivity contribution in [2.45, 2.75) is 6.18 Å². The van der Waals surface area contributed by atoms with Gasteiger partial charge in [-0.1, -0.05) is 121 Å². The van der Waals surface area contributed by atoms with Crippen LogP contribution in [0.25, 0.3) is 111 Å². The molecule has 0 atom stereocenters. The lowest BCUT2D eigenvalue weighted by Gasteiger charge is -2.19. The van der Waals surface area contributed by atoms with Crippen molar-refractivity contribution in [1.82, 2.24) is 19.1 Å². The van der Waals surface area contributed by atoms with Gasteiger partial charge in [-0.15, -0.1) is 0 Å². The number of rotatable bonds is 7. The lowest BCUT2D eigenvalue weighted by Crippen LogP contribution is -2.07. The first-order valence-corrected chi connectivity index (χ1v) is 22.6. The van der Waals surface area contributed by atoms with Crippen LogP contribution in [0.15, 0.2) is 212 Å². The second kappa shape index (κ2) is 16.6. The molecule has 0 spiro atoms. The molecule has 0 saturated heterocycles. The zero-order valence-electron chi connectivity index (χ0n) is 37.0. The van der Waals surface area contributed by atoms with Crippen LogP contribution in [0.3, 0.4) is 0 Å². The normalized spacial score (nSPS) is 11.6.